The third-order valence-corrected chi connectivity index (χ3v) is 4.48. The van der Waals surface area contributed by atoms with Crippen molar-refractivity contribution in [2.75, 3.05) is 6.54 Å². The zero-order valence-corrected chi connectivity index (χ0v) is 14.6. The average Bonchev–Trinajstić information content (AvgIpc) is 2.37. The molecule has 21 heavy (non-hydrogen) atoms. The molecule has 1 amide bonds. The van der Waals surface area contributed by atoms with Gasteiger partial charge in [-0.05, 0) is 69.6 Å². The number of rotatable bonds is 3. The summed E-state index contributed by atoms with van der Waals surface area (Å²) in [5.41, 5.74) is 2.43. The van der Waals surface area contributed by atoms with E-state index in [0.29, 0.717) is 12.5 Å². The lowest BCUT2D eigenvalue weighted by Crippen LogP contribution is -2.33. The van der Waals surface area contributed by atoms with Crippen LogP contribution in [-0.4, -0.2) is 18.2 Å². The molecule has 0 fully saturated rings. The Bertz CT molecular complexity index is 508. The molecule has 0 saturated carbocycles. The van der Waals surface area contributed by atoms with Gasteiger partial charge in [-0.1, -0.05) is 28.1 Å². The summed E-state index contributed by atoms with van der Waals surface area (Å²) in [7, 11) is 0. The van der Waals surface area contributed by atoms with Crippen LogP contribution in [0.25, 0.3) is 0 Å². The molecule has 1 aliphatic carbocycles. The maximum atomic E-state index is 11.7. The van der Waals surface area contributed by atoms with Gasteiger partial charge in [0.15, 0.2) is 0 Å². The van der Waals surface area contributed by atoms with Crippen LogP contribution in [-0.2, 0) is 11.2 Å². The SMILES string of the molecule is CC(C)(C)OC(=O)NCCC1CCCc2c(Br)cccc21. The van der Waals surface area contributed by atoms with Crippen molar-refractivity contribution in [3.05, 3.63) is 33.8 Å². The molecule has 0 heterocycles. The number of carbonyl (C=O) groups is 1. The standard InChI is InChI=1S/C17H24BrNO2/c1-17(2,3)21-16(20)19-11-10-12-6-4-8-14-13(12)7-5-9-15(14)18/h5,7,9,12H,4,6,8,10-11H2,1-3H3,(H,19,20). The van der Waals surface area contributed by atoms with E-state index in [9.17, 15) is 4.79 Å². The van der Waals surface area contributed by atoms with Crippen molar-refractivity contribution in [1.29, 1.82) is 0 Å². The predicted octanol–water partition coefficient (Wildman–Crippen LogP) is 4.78. The van der Waals surface area contributed by atoms with E-state index in [1.807, 2.05) is 20.8 Å². The molecule has 1 aromatic carbocycles. The lowest BCUT2D eigenvalue weighted by Gasteiger charge is -2.26. The Morgan fingerprint density at radius 3 is 2.90 bits per heavy atom. The van der Waals surface area contributed by atoms with Gasteiger partial charge in [0.2, 0.25) is 0 Å². The predicted molar refractivity (Wildman–Crippen MR) is 88.7 cm³/mol. The molecule has 1 atom stereocenters. The highest BCUT2D eigenvalue weighted by molar-refractivity contribution is 9.10. The van der Waals surface area contributed by atoms with E-state index < -0.39 is 5.60 Å². The molecule has 0 aromatic heterocycles. The van der Waals surface area contributed by atoms with Crippen LogP contribution in [0, 0.1) is 0 Å². The zero-order chi connectivity index (χ0) is 15.5. The van der Waals surface area contributed by atoms with Gasteiger partial charge in [-0.15, -0.1) is 0 Å². The Labute approximate surface area is 135 Å². The van der Waals surface area contributed by atoms with Crippen LogP contribution in [0.5, 0.6) is 0 Å². The van der Waals surface area contributed by atoms with Crippen molar-refractivity contribution >= 4 is 22.0 Å². The summed E-state index contributed by atoms with van der Waals surface area (Å²) >= 11 is 3.64. The van der Waals surface area contributed by atoms with Crippen molar-refractivity contribution in [3.63, 3.8) is 0 Å². The highest BCUT2D eigenvalue weighted by Gasteiger charge is 2.22. The van der Waals surface area contributed by atoms with Crippen LogP contribution in [0.15, 0.2) is 22.7 Å². The fourth-order valence-electron chi connectivity index (χ4n) is 2.86. The highest BCUT2D eigenvalue weighted by atomic mass is 79.9. The first-order valence-corrected chi connectivity index (χ1v) is 8.40. The first-order chi connectivity index (χ1) is 9.87. The number of amides is 1. The van der Waals surface area contributed by atoms with Crippen LogP contribution >= 0.6 is 15.9 Å². The minimum atomic E-state index is -0.438. The molecule has 1 aliphatic rings. The normalized spacial score (nSPS) is 18.0. The van der Waals surface area contributed by atoms with E-state index in [0.717, 1.165) is 12.8 Å². The third kappa shape index (κ3) is 4.73. The molecule has 0 radical (unpaired) electrons. The van der Waals surface area contributed by atoms with Crippen molar-refractivity contribution in [1.82, 2.24) is 5.32 Å². The van der Waals surface area contributed by atoms with Crippen molar-refractivity contribution < 1.29 is 9.53 Å². The molecule has 1 aromatic rings. The van der Waals surface area contributed by atoms with Gasteiger partial charge in [-0.2, -0.15) is 0 Å². The number of benzene rings is 1. The fraction of sp³-hybridized carbons (Fsp3) is 0.588. The minimum absolute atomic E-state index is 0.326. The second-order valence-corrected chi connectivity index (χ2v) is 7.47. The summed E-state index contributed by atoms with van der Waals surface area (Å²) < 4.78 is 6.47. The van der Waals surface area contributed by atoms with Crippen molar-refractivity contribution in [2.24, 2.45) is 0 Å². The van der Waals surface area contributed by atoms with E-state index in [-0.39, 0.29) is 6.09 Å². The van der Waals surface area contributed by atoms with Crippen molar-refractivity contribution in [2.45, 2.75) is 58.0 Å². The van der Waals surface area contributed by atoms with Crippen LogP contribution < -0.4 is 5.32 Å². The number of fused-ring (bicyclic) bond motifs is 1. The van der Waals surface area contributed by atoms with Crippen LogP contribution in [0.3, 0.4) is 0 Å². The van der Waals surface area contributed by atoms with E-state index >= 15 is 0 Å². The monoisotopic (exact) mass is 353 g/mol. The molecule has 116 valence electrons. The number of hydrogen-bond donors (Lipinski definition) is 1. The Kier molecular flexibility index (Phi) is 5.31. The second-order valence-electron chi connectivity index (χ2n) is 6.61. The van der Waals surface area contributed by atoms with Crippen LogP contribution in [0.4, 0.5) is 4.79 Å². The zero-order valence-electron chi connectivity index (χ0n) is 13.0. The Hall–Kier alpha value is -1.03. The lowest BCUT2D eigenvalue weighted by atomic mass is 9.81. The lowest BCUT2D eigenvalue weighted by molar-refractivity contribution is 0.0526. The van der Waals surface area contributed by atoms with Gasteiger partial charge in [0.1, 0.15) is 5.60 Å². The van der Waals surface area contributed by atoms with Gasteiger partial charge in [0.05, 0.1) is 0 Å². The van der Waals surface area contributed by atoms with E-state index in [2.05, 4.69) is 39.4 Å². The summed E-state index contributed by atoms with van der Waals surface area (Å²) in [5.74, 6) is 0.529. The molecule has 1 N–H and O–H groups in total. The van der Waals surface area contributed by atoms with Gasteiger partial charge in [0, 0.05) is 11.0 Å². The Morgan fingerprint density at radius 2 is 2.19 bits per heavy atom. The summed E-state index contributed by atoms with van der Waals surface area (Å²) in [5, 5.41) is 2.86. The molecule has 4 heteroatoms. The van der Waals surface area contributed by atoms with Gasteiger partial charge in [-0.3, -0.25) is 0 Å². The molecule has 0 aliphatic heterocycles. The number of alkyl carbamates (subject to hydrolysis) is 1. The average molecular weight is 354 g/mol. The third-order valence-electron chi connectivity index (χ3n) is 3.74. The molecule has 0 spiro atoms. The number of ether oxygens (including phenoxy) is 1. The first-order valence-electron chi connectivity index (χ1n) is 7.61. The molecular weight excluding hydrogens is 330 g/mol. The smallest absolute Gasteiger partial charge is 0.407 e. The van der Waals surface area contributed by atoms with Gasteiger partial charge in [-0.25, -0.2) is 4.79 Å². The summed E-state index contributed by atoms with van der Waals surface area (Å²) in [6, 6.07) is 6.43. The largest absolute Gasteiger partial charge is 0.444 e. The topological polar surface area (TPSA) is 38.3 Å². The molecule has 2 rings (SSSR count). The number of halogens is 1. The molecule has 1 unspecified atom stereocenters. The maximum Gasteiger partial charge on any atom is 0.407 e. The summed E-state index contributed by atoms with van der Waals surface area (Å²) in [6.45, 7) is 6.29. The Balaban J connectivity index is 1.88. The highest BCUT2D eigenvalue weighted by Crippen LogP contribution is 2.37. The molecule has 0 saturated heterocycles. The quantitative estimate of drug-likeness (QED) is 0.848. The second kappa shape index (κ2) is 6.82. The van der Waals surface area contributed by atoms with E-state index in [1.165, 1.54) is 28.4 Å². The van der Waals surface area contributed by atoms with Gasteiger partial charge >= 0.3 is 6.09 Å². The fourth-order valence-corrected chi connectivity index (χ4v) is 3.44. The summed E-state index contributed by atoms with van der Waals surface area (Å²) in [4.78, 5) is 11.7. The van der Waals surface area contributed by atoms with Crippen LogP contribution in [0.1, 0.15) is 57.1 Å². The summed E-state index contributed by atoms with van der Waals surface area (Å²) in [6.07, 6.45) is 4.19. The molecule has 3 nitrogen and oxygen atoms in total. The first kappa shape index (κ1) is 16.3. The van der Waals surface area contributed by atoms with Gasteiger partial charge < -0.3 is 10.1 Å². The van der Waals surface area contributed by atoms with Crippen LogP contribution in [0.2, 0.25) is 0 Å². The van der Waals surface area contributed by atoms with Crippen molar-refractivity contribution in [3.8, 4) is 0 Å². The Morgan fingerprint density at radius 1 is 1.43 bits per heavy atom. The van der Waals surface area contributed by atoms with E-state index in [1.54, 1.807) is 0 Å². The maximum absolute atomic E-state index is 11.7. The molecular formula is C17H24BrNO2. The number of hydrogen-bond acceptors (Lipinski definition) is 2. The minimum Gasteiger partial charge on any atom is -0.444 e. The number of carbonyl (C=O) groups excluding carboxylic acids is 1. The molecule has 0 bridgehead atoms. The van der Waals surface area contributed by atoms with Gasteiger partial charge in [0.25, 0.3) is 0 Å². The van der Waals surface area contributed by atoms with E-state index in [4.69, 9.17) is 4.74 Å². The number of nitrogens with one attached hydrogen (secondary N) is 1.